The highest BCUT2D eigenvalue weighted by molar-refractivity contribution is 6.20. The van der Waals surface area contributed by atoms with Crippen molar-refractivity contribution in [3.63, 3.8) is 0 Å². The number of nitriles is 1. The Labute approximate surface area is 184 Å². The number of hydrogen-bond donors (Lipinski definition) is 2. The highest BCUT2D eigenvalue weighted by Gasteiger charge is 2.61. The summed E-state index contributed by atoms with van der Waals surface area (Å²) >= 11 is 0. The minimum absolute atomic E-state index is 0.0224. The van der Waals surface area contributed by atoms with E-state index in [-0.39, 0.29) is 29.2 Å². The fourth-order valence-electron chi connectivity index (χ4n) is 5.28. The lowest BCUT2D eigenvalue weighted by atomic mass is 9.61. The molecule has 0 saturated carbocycles. The number of ketones is 1. The predicted molar refractivity (Wildman–Crippen MR) is 118 cm³/mol. The zero-order valence-corrected chi connectivity index (χ0v) is 17.7. The first kappa shape index (κ1) is 20.0. The maximum atomic E-state index is 14.1. The SMILES string of the molecule is CC1(C)CC(=O)C2=C(C1)N(c1cccc(F)c1)C(N)=C(C#N)[C@]21C(=O)Nc2ccccc21. The van der Waals surface area contributed by atoms with Crippen molar-refractivity contribution in [3.05, 3.63) is 82.6 Å². The van der Waals surface area contributed by atoms with Crippen LogP contribution in [0.5, 0.6) is 0 Å². The third-order valence-electron chi connectivity index (χ3n) is 6.47. The van der Waals surface area contributed by atoms with E-state index < -0.39 is 22.6 Å². The normalized spacial score (nSPS) is 23.8. The van der Waals surface area contributed by atoms with Crippen molar-refractivity contribution in [2.45, 2.75) is 32.1 Å². The minimum Gasteiger partial charge on any atom is -0.384 e. The Hall–Kier alpha value is -3.92. The second-order valence-electron chi connectivity index (χ2n) is 9.20. The highest BCUT2D eigenvalue weighted by atomic mass is 19.1. The molecule has 0 bridgehead atoms. The number of allylic oxidation sites excluding steroid dienone is 1. The van der Waals surface area contributed by atoms with Crippen molar-refractivity contribution in [1.82, 2.24) is 0 Å². The standard InChI is InChI=1S/C25H21FN4O2/c1-24(2)11-19-21(20(31)12-24)25(16-8-3-4-9-18(16)29-23(25)32)17(13-27)22(28)30(19)15-7-5-6-14(26)10-15/h3-10H,11-12,28H2,1-2H3,(H,29,32)/t25-/m0/s1. The van der Waals surface area contributed by atoms with Gasteiger partial charge in [-0.05, 0) is 36.1 Å². The fraction of sp³-hybridized carbons (Fsp3) is 0.240. The molecule has 2 aliphatic heterocycles. The summed E-state index contributed by atoms with van der Waals surface area (Å²) in [6.07, 6.45) is 0.653. The van der Waals surface area contributed by atoms with Crippen LogP contribution in [0.15, 0.2) is 71.2 Å². The number of nitrogens with zero attached hydrogens (tertiary/aromatic N) is 2. The molecule has 2 aromatic rings. The number of fused-ring (bicyclic) bond motifs is 3. The highest BCUT2D eigenvalue weighted by Crippen LogP contribution is 2.56. The summed E-state index contributed by atoms with van der Waals surface area (Å²) in [6.45, 7) is 3.93. The number of halogens is 1. The van der Waals surface area contributed by atoms with Crippen LogP contribution in [-0.4, -0.2) is 11.7 Å². The molecule has 0 fully saturated rings. The number of amides is 1. The second-order valence-corrected chi connectivity index (χ2v) is 9.20. The molecule has 1 spiro atoms. The van der Waals surface area contributed by atoms with Gasteiger partial charge in [-0.3, -0.25) is 14.5 Å². The van der Waals surface area contributed by atoms with Crippen LogP contribution in [0.25, 0.3) is 0 Å². The number of carbonyl (C=O) groups is 2. The third-order valence-corrected chi connectivity index (χ3v) is 6.47. The molecule has 0 unspecified atom stereocenters. The molecule has 1 atom stereocenters. The molecular formula is C25H21FN4O2. The van der Waals surface area contributed by atoms with Crippen molar-refractivity contribution >= 4 is 23.1 Å². The molecule has 7 heteroatoms. The number of para-hydroxylation sites is 1. The number of nitrogens with one attached hydrogen (secondary N) is 1. The molecule has 32 heavy (non-hydrogen) atoms. The maximum Gasteiger partial charge on any atom is 0.245 e. The van der Waals surface area contributed by atoms with Crippen molar-refractivity contribution in [2.75, 3.05) is 10.2 Å². The van der Waals surface area contributed by atoms with Crippen molar-refractivity contribution in [1.29, 1.82) is 5.26 Å². The van der Waals surface area contributed by atoms with E-state index in [2.05, 4.69) is 11.4 Å². The lowest BCUT2D eigenvalue weighted by Crippen LogP contribution is -2.52. The minimum atomic E-state index is -1.62. The third kappa shape index (κ3) is 2.50. The van der Waals surface area contributed by atoms with Crippen LogP contribution in [0, 0.1) is 22.6 Å². The number of rotatable bonds is 1. The van der Waals surface area contributed by atoms with E-state index in [1.807, 2.05) is 13.8 Å². The van der Waals surface area contributed by atoms with Crippen LogP contribution < -0.4 is 16.0 Å². The van der Waals surface area contributed by atoms with E-state index in [0.29, 0.717) is 29.1 Å². The number of hydrogen-bond acceptors (Lipinski definition) is 5. The Bertz CT molecular complexity index is 1320. The van der Waals surface area contributed by atoms with Crippen LogP contribution in [0.3, 0.4) is 0 Å². The number of Topliss-reactive ketones (excluding diaryl/α,β-unsaturated/α-hetero) is 1. The van der Waals surface area contributed by atoms with Gasteiger partial charge in [0.15, 0.2) is 5.78 Å². The number of anilines is 2. The Morgan fingerprint density at radius 1 is 1.12 bits per heavy atom. The van der Waals surface area contributed by atoms with Gasteiger partial charge in [-0.25, -0.2) is 4.39 Å². The molecule has 1 amide bonds. The monoisotopic (exact) mass is 428 g/mol. The maximum absolute atomic E-state index is 14.1. The van der Waals surface area contributed by atoms with E-state index in [4.69, 9.17) is 5.73 Å². The first-order valence-electron chi connectivity index (χ1n) is 10.3. The van der Waals surface area contributed by atoms with Gasteiger partial charge in [0.05, 0.1) is 11.3 Å². The van der Waals surface area contributed by atoms with Gasteiger partial charge in [-0.15, -0.1) is 0 Å². The molecule has 160 valence electrons. The molecule has 2 aromatic carbocycles. The summed E-state index contributed by atoms with van der Waals surface area (Å²) < 4.78 is 14.1. The second kappa shape index (κ2) is 6.54. The topological polar surface area (TPSA) is 99.2 Å². The van der Waals surface area contributed by atoms with E-state index >= 15 is 0 Å². The van der Waals surface area contributed by atoms with E-state index in [0.717, 1.165) is 0 Å². The molecule has 2 heterocycles. The Kier molecular flexibility index (Phi) is 4.09. The first-order valence-corrected chi connectivity index (χ1v) is 10.3. The van der Waals surface area contributed by atoms with Gasteiger partial charge in [-0.1, -0.05) is 38.1 Å². The molecule has 5 rings (SSSR count). The molecule has 0 radical (unpaired) electrons. The van der Waals surface area contributed by atoms with Crippen LogP contribution in [0.2, 0.25) is 0 Å². The Balaban J connectivity index is 1.91. The van der Waals surface area contributed by atoms with Crippen LogP contribution in [0.4, 0.5) is 15.8 Å². The van der Waals surface area contributed by atoms with Gasteiger partial charge >= 0.3 is 0 Å². The molecule has 0 aromatic heterocycles. The molecule has 6 nitrogen and oxygen atoms in total. The number of nitrogens with two attached hydrogens (primary N) is 1. The number of benzene rings is 2. The zero-order valence-electron chi connectivity index (χ0n) is 17.7. The summed E-state index contributed by atoms with van der Waals surface area (Å²) in [5.74, 6) is -1.14. The molecule has 1 aliphatic carbocycles. The van der Waals surface area contributed by atoms with Crippen molar-refractivity contribution in [2.24, 2.45) is 11.1 Å². The molecule has 0 saturated heterocycles. The van der Waals surface area contributed by atoms with Crippen molar-refractivity contribution < 1.29 is 14.0 Å². The quantitative estimate of drug-likeness (QED) is 0.718. The summed E-state index contributed by atoms with van der Waals surface area (Å²) in [5.41, 5.74) is 6.76. The summed E-state index contributed by atoms with van der Waals surface area (Å²) in [7, 11) is 0. The van der Waals surface area contributed by atoms with Gasteiger partial charge in [0, 0.05) is 28.9 Å². The van der Waals surface area contributed by atoms with Crippen molar-refractivity contribution in [3.8, 4) is 6.07 Å². The van der Waals surface area contributed by atoms with Gasteiger partial charge in [0.25, 0.3) is 0 Å². The van der Waals surface area contributed by atoms with E-state index in [9.17, 15) is 19.2 Å². The van der Waals surface area contributed by atoms with E-state index in [1.54, 1.807) is 41.3 Å². The summed E-state index contributed by atoms with van der Waals surface area (Å²) in [4.78, 5) is 28.8. The van der Waals surface area contributed by atoms with Gasteiger partial charge in [0.2, 0.25) is 5.91 Å². The lowest BCUT2D eigenvalue weighted by molar-refractivity contribution is -0.123. The Morgan fingerprint density at radius 2 is 1.88 bits per heavy atom. The van der Waals surface area contributed by atoms with Crippen LogP contribution in [0.1, 0.15) is 32.3 Å². The largest absolute Gasteiger partial charge is 0.384 e. The average Bonchev–Trinajstić information content (AvgIpc) is 2.99. The predicted octanol–water partition coefficient (Wildman–Crippen LogP) is 3.87. The molecular weight excluding hydrogens is 407 g/mol. The number of carbonyl (C=O) groups excluding carboxylic acids is 2. The fourth-order valence-corrected chi connectivity index (χ4v) is 5.28. The average molecular weight is 428 g/mol. The molecule has 3 aliphatic rings. The van der Waals surface area contributed by atoms with E-state index in [1.165, 1.54) is 12.1 Å². The molecule has 3 N–H and O–H groups in total. The van der Waals surface area contributed by atoms with Crippen LogP contribution >= 0.6 is 0 Å². The zero-order chi connectivity index (χ0) is 22.8. The Morgan fingerprint density at radius 3 is 2.59 bits per heavy atom. The smallest absolute Gasteiger partial charge is 0.245 e. The first-order chi connectivity index (χ1) is 15.2. The van der Waals surface area contributed by atoms with Gasteiger partial charge < -0.3 is 11.1 Å². The van der Waals surface area contributed by atoms with Crippen LogP contribution in [-0.2, 0) is 15.0 Å². The van der Waals surface area contributed by atoms with Gasteiger partial charge in [0.1, 0.15) is 23.1 Å². The summed E-state index contributed by atoms with van der Waals surface area (Å²) in [5, 5.41) is 13.1. The lowest BCUT2D eigenvalue weighted by Gasteiger charge is -2.46. The summed E-state index contributed by atoms with van der Waals surface area (Å²) in [6, 6.07) is 15.0. The van der Waals surface area contributed by atoms with Gasteiger partial charge in [-0.2, -0.15) is 5.26 Å².